The zero-order chi connectivity index (χ0) is 19.2. The number of nitrogens with one attached hydrogen (secondary N) is 1. The monoisotopic (exact) mass is 402 g/mol. The lowest BCUT2D eigenvalue weighted by Gasteiger charge is -2.30. The summed E-state index contributed by atoms with van der Waals surface area (Å²) in [7, 11) is 0. The second kappa shape index (κ2) is 7.01. The molecule has 0 spiro atoms. The first-order valence-electron chi connectivity index (χ1n) is 8.85. The van der Waals surface area contributed by atoms with Crippen molar-refractivity contribution in [3.05, 3.63) is 30.0 Å². The molecule has 4 rings (SSSR count). The molecule has 27 heavy (non-hydrogen) atoms. The first-order valence-corrected chi connectivity index (χ1v) is 10.9. The van der Waals surface area contributed by atoms with E-state index in [-0.39, 0.29) is 6.04 Å². The van der Waals surface area contributed by atoms with Crippen molar-refractivity contribution in [2.45, 2.75) is 49.6 Å². The topological polar surface area (TPSA) is 91.2 Å². The molecule has 3 atom stereocenters. The second-order valence-corrected chi connectivity index (χ2v) is 8.83. The van der Waals surface area contributed by atoms with Crippen molar-refractivity contribution < 1.29 is 10.2 Å². The number of nitrogens with zero attached hydrogens (tertiary/aromatic N) is 3. The maximum absolute atomic E-state index is 10.7. The molecule has 1 aliphatic rings. The van der Waals surface area contributed by atoms with Crippen LogP contribution in [-0.4, -0.2) is 49.2 Å². The van der Waals surface area contributed by atoms with E-state index >= 15 is 0 Å². The Morgan fingerprint density at radius 1 is 1.22 bits per heavy atom. The van der Waals surface area contributed by atoms with Crippen LogP contribution in [0.2, 0.25) is 0 Å². The van der Waals surface area contributed by atoms with Gasteiger partial charge in [-0.05, 0) is 45.1 Å². The molecule has 1 fully saturated rings. The summed E-state index contributed by atoms with van der Waals surface area (Å²) in [5.74, 6) is 0.658. The average Bonchev–Trinajstić information content (AvgIpc) is 3.17. The van der Waals surface area contributed by atoms with Crippen LogP contribution < -0.4 is 5.32 Å². The molecule has 1 saturated carbocycles. The molecule has 6 nitrogen and oxygen atoms in total. The molecule has 0 unspecified atom stereocenters. The van der Waals surface area contributed by atoms with E-state index in [2.05, 4.69) is 15.3 Å². The quantitative estimate of drug-likeness (QED) is 0.455. The van der Waals surface area contributed by atoms with Gasteiger partial charge < -0.3 is 15.5 Å². The first-order chi connectivity index (χ1) is 12.9. The molecule has 0 amide bonds. The number of aromatic nitrogens is 3. The molecule has 0 radical (unpaired) electrons. The largest absolute Gasteiger partial charge is 0.390 e. The Morgan fingerprint density at radius 3 is 2.67 bits per heavy atom. The van der Waals surface area contributed by atoms with Gasteiger partial charge in [0, 0.05) is 0 Å². The highest BCUT2D eigenvalue weighted by Crippen LogP contribution is 2.39. The van der Waals surface area contributed by atoms with Gasteiger partial charge in [0.2, 0.25) is 0 Å². The van der Waals surface area contributed by atoms with Crippen LogP contribution in [0.5, 0.6) is 0 Å². The van der Waals surface area contributed by atoms with Gasteiger partial charge in [-0.2, -0.15) is 0 Å². The molecular formula is C19H22N4O2S2. The highest BCUT2D eigenvalue weighted by molar-refractivity contribution is 7.98. The summed E-state index contributed by atoms with van der Waals surface area (Å²) in [6.07, 6.45) is 2.42. The van der Waals surface area contributed by atoms with Crippen LogP contribution in [0.25, 0.3) is 20.8 Å². The Labute approximate surface area is 166 Å². The standard InChI is InChI=1S/C19H22N4O2S2/c1-10-15(17-21-11-6-4-5-7-12(11)27-17)16(23-18(20-10)26-3)22-13-8-9-14(24)19(13,2)25/h4-7,13-14,24-25H,8-9H2,1-3H3,(H,20,22,23)/t13-,14-,19+/m1/s1. The van der Waals surface area contributed by atoms with Gasteiger partial charge in [0.05, 0.1) is 33.6 Å². The maximum Gasteiger partial charge on any atom is 0.189 e. The van der Waals surface area contributed by atoms with Crippen molar-refractivity contribution in [1.29, 1.82) is 0 Å². The highest BCUT2D eigenvalue weighted by atomic mass is 32.2. The van der Waals surface area contributed by atoms with Crippen LogP contribution in [0.1, 0.15) is 25.5 Å². The minimum absolute atomic E-state index is 0.287. The summed E-state index contributed by atoms with van der Waals surface area (Å²) < 4.78 is 1.11. The number of aliphatic hydroxyl groups excluding tert-OH is 1. The maximum atomic E-state index is 10.7. The van der Waals surface area contributed by atoms with Gasteiger partial charge in [-0.3, -0.25) is 0 Å². The number of para-hydroxylation sites is 1. The number of hydrogen-bond donors (Lipinski definition) is 3. The summed E-state index contributed by atoms with van der Waals surface area (Å²) in [6.45, 7) is 3.62. The predicted molar refractivity (Wildman–Crippen MR) is 110 cm³/mol. The van der Waals surface area contributed by atoms with Crippen LogP contribution in [-0.2, 0) is 0 Å². The zero-order valence-corrected chi connectivity index (χ0v) is 17.1. The number of hydrogen-bond acceptors (Lipinski definition) is 8. The smallest absolute Gasteiger partial charge is 0.189 e. The molecule has 142 valence electrons. The predicted octanol–water partition coefficient (Wildman–Crippen LogP) is 3.47. The van der Waals surface area contributed by atoms with Crippen molar-refractivity contribution in [2.75, 3.05) is 11.6 Å². The summed E-state index contributed by atoms with van der Waals surface area (Å²) in [5.41, 5.74) is 1.43. The third-order valence-corrected chi connectivity index (χ3v) is 6.78. The van der Waals surface area contributed by atoms with E-state index in [0.717, 1.165) is 26.5 Å². The Kier molecular flexibility index (Phi) is 4.84. The number of benzene rings is 1. The van der Waals surface area contributed by atoms with Crippen LogP contribution in [0.3, 0.4) is 0 Å². The van der Waals surface area contributed by atoms with Gasteiger partial charge in [-0.15, -0.1) is 11.3 Å². The molecule has 1 aliphatic carbocycles. The van der Waals surface area contributed by atoms with Gasteiger partial charge in [0.15, 0.2) is 5.16 Å². The van der Waals surface area contributed by atoms with E-state index in [9.17, 15) is 10.2 Å². The molecular weight excluding hydrogens is 380 g/mol. The minimum Gasteiger partial charge on any atom is -0.390 e. The molecule has 3 aromatic rings. The van der Waals surface area contributed by atoms with Crippen molar-refractivity contribution in [3.8, 4) is 10.6 Å². The van der Waals surface area contributed by atoms with Gasteiger partial charge in [-0.25, -0.2) is 15.0 Å². The number of anilines is 1. The van der Waals surface area contributed by atoms with Crippen LogP contribution >= 0.6 is 23.1 Å². The molecule has 3 N–H and O–H groups in total. The van der Waals surface area contributed by atoms with Gasteiger partial charge in [-0.1, -0.05) is 23.9 Å². The van der Waals surface area contributed by atoms with E-state index in [1.807, 2.05) is 37.4 Å². The normalized spacial score (nSPS) is 25.2. The molecule has 1 aromatic carbocycles. The average molecular weight is 403 g/mol. The lowest BCUT2D eigenvalue weighted by atomic mass is 9.98. The molecule has 2 heterocycles. The van der Waals surface area contributed by atoms with Crippen LogP contribution in [0.15, 0.2) is 29.4 Å². The summed E-state index contributed by atoms with van der Waals surface area (Å²) >= 11 is 3.07. The summed E-state index contributed by atoms with van der Waals surface area (Å²) in [5, 5.41) is 25.7. The summed E-state index contributed by atoms with van der Waals surface area (Å²) in [6, 6.07) is 7.73. The third-order valence-electron chi connectivity index (χ3n) is 5.18. The summed E-state index contributed by atoms with van der Waals surface area (Å²) in [4.78, 5) is 14.0. The first kappa shape index (κ1) is 18.6. The zero-order valence-electron chi connectivity index (χ0n) is 15.4. The fourth-order valence-corrected chi connectivity index (χ4v) is 4.98. The molecule has 0 saturated heterocycles. The minimum atomic E-state index is -1.21. The SMILES string of the molecule is CSc1nc(C)c(-c2nc3ccccc3s2)c(N[C@@H]2CC[C@@H](O)[C@@]2(C)O)n1. The van der Waals surface area contributed by atoms with Crippen LogP contribution in [0.4, 0.5) is 5.82 Å². The number of thioether (sulfide) groups is 1. The highest BCUT2D eigenvalue weighted by Gasteiger charge is 2.45. The van der Waals surface area contributed by atoms with Gasteiger partial charge in [0.25, 0.3) is 0 Å². The fraction of sp³-hybridized carbons (Fsp3) is 0.421. The van der Waals surface area contributed by atoms with E-state index < -0.39 is 11.7 Å². The molecule has 8 heteroatoms. The lowest BCUT2D eigenvalue weighted by Crippen LogP contribution is -2.47. The third kappa shape index (κ3) is 3.31. The van der Waals surface area contributed by atoms with Crippen molar-refractivity contribution in [2.24, 2.45) is 0 Å². The Balaban J connectivity index is 1.81. The molecule has 2 aromatic heterocycles. The number of thiazole rings is 1. The fourth-order valence-electron chi connectivity index (χ4n) is 3.50. The van der Waals surface area contributed by atoms with E-state index in [1.54, 1.807) is 18.3 Å². The number of rotatable bonds is 4. The Morgan fingerprint density at radius 2 is 2.00 bits per heavy atom. The number of aliphatic hydroxyl groups is 2. The van der Waals surface area contributed by atoms with Gasteiger partial charge in [0.1, 0.15) is 16.4 Å². The van der Waals surface area contributed by atoms with Crippen LogP contribution in [0, 0.1) is 6.92 Å². The lowest BCUT2D eigenvalue weighted by molar-refractivity contribution is -0.0439. The van der Waals surface area contributed by atoms with E-state index in [4.69, 9.17) is 4.98 Å². The van der Waals surface area contributed by atoms with Crippen molar-refractivity contribution in [3.63, 3.8) is 0 Å². The molecule has 0 bridgehead atoms. The van der Waals surface area contributed by atoms with Crippen molar-refractivity contribution in [1.82, 2.24) is 15.0 Å². The number of aryl methyl sites for hydroxylation is 1. The molecule has 0 aliphatic heterocycles. The van der Waals surface area contributed by atoms with Gasteiger partial charge >= 0.3 is 0 Å². The Hall–Kier alpha value is -1.74. The van der Waals surface area contributed by atoms with E-state index in [0.29, 0.717) is 23.8 Å². The van der Waals surface area contributed by atoms with Crippen molar-refractivity contribution >= 4 is 39.1 Å². The Bertz CT molecular complexity index is 956. The second-order valence-electron chi connectivity index (χ2n) is 7.02. The number of fused-ring (bicyclic) bond motifs is 1. The van der Waals surface area contributed by atoms with E-state index in [1.165, 1.54) is 11.8 Å².